The van der Waals surface area contributed by atoms with Crippen LogP contribution in [0.2, 0.25) is 0 Å². The van der Waals surface area contributed by atoms with Crippen LogP contribution in [0.5, 0.6) is 0 Å². The second-order valence-corrected chi connectivity index (χ2v) is 5.51. The summed E-state index contributed by atoms with van der Waals surface area (Å²) in [4.78, 5) is 12.4. The predicted molar refractivity (Wildman–Crippen MR) is 77.3 cm³/mol. The molecule has 0 aliphatic heterocycles. The zero-order valence-corrected chi connectivity index (χ0v) is 11.7. The molecule has 0 spiro atoms. The average Bonchev–Trinajstić information content (AvgIpc) is 3.10. The summed E-state index contributed by atoms with van der Waals surface area (Å²) in [5.41, 5.74) is 1.61. The minimum absolute atomic E-state index is 0.0381. The lowest BCUT2D eigenvalue weighted by Crippen LogP contribution is -2.43. The summed E-state index contributed by atoms with van der Waals surface area (Å²) in [6, 6.07) is 10.3. The molecule has 0 unspecified atom stereocenters. The van der Waals surface area contributed by atoms with E-state index >= 15 is 0 Å². The van der Waals surface area contributed by atoms with E-state index in [1.54, 1.807) is 17.1 Å². The van der Waals surface area contributed by atoms with Crippen LogP contribution in [0, 0.1) is 0 Å². The number of carbonyl (C=O) groups excluding carboxylic acids is 1. The first-order valence-electron chi connectivity index (χ1n) is 7.06. The van der Waals surface area contributed by atoms with Gasteiger partial charge < -0.3 is 5.32 Å². The monoisotopic (exact) mass is 269 g/mol. The number of aryl methyl sites for hydroxylation is 1. The molecule has 104 valence electrons. The highest BCUT2D eigenvalue weighted by molar-refractivity contribution is 5.94. The van der Waals surface area contributed by atoms with Gasteiger partial charge in [0.2, 0.25) is 0 Å². The van der Waals surface area contributed by atoms with Crippen LogP contribution in [0.15, 0.2) is 42.7 Å². The largest absolute Gasteiger partial charge is 0.342 e. The molecule has 4 heteroatoms. The number of hydrogen-bond donors (Lipinski definition) is 1. The van der Waals surface area contributed by atoms with Crippen molar-refractivity contribution in [3.63, 3.8) is 0 Å². The molecule has 1 heterocycles. The van der Waals surface area contributed by atoms with Crippen molar-refractivity contribution in [1.29, 1.82) is 0 Å². The van der Waals surface area contributed by atoms with Gasteiger partial charge in [0.1, 0.15) is 0 Å². The smallest absolute Gasteiger partial charge is 0.255 e. The Morgan fingerprint density at radius 1 is 1.25 bits per heavy atom. The highest BCUT2D eigenvalue weighted by Crippen LogP contribution is 2.38. The van der Waals surface area contributed by atoms with Gasteiger partial charge in [0.05, 0.1) is 17.3 Å². The molecule has 1 N–H and O–H groups in total. The van der Waals surface area contributed by atoms with Gasteiger partial charge in [0, 0.05) is 13.2 Å². The molecule has 1 aliphatic rings. The lowest BCUT2D eigenvalue weighted by atomic mass is 9.88. The first-order chi connectivity index (χ1) is 9.70. The van der Waals surface area contributed by atoms with Crippen LogP contribution in [0.4, 0.5) is 0 Å². The third-order valence-corrected chi connectivity index (χ3v) is 4.10. The van der Waals surface area contributed by atoms with E-state index in [2.05, 4.69) is 22.5 Å². The number of nitrogens with one attached hydrogen (secondary N) is 1. The fourth-order valence-corrected chi connectivity index (χ4v) is 3.05. The lowest BCUT2D eigenvalue weighted by Gasteiger charge is -2.31. The molecule has 1 fully saturated rings. The van der Waals surface area contributed by atoms with Crippen LogP contribution < -0.4 is 5.32 Å². The van der Waals surface area contributed by atoms with Crippen LogP contribution in [0.25, 0.3) is 0 Å². The predicted octanol–water partition coefficient (Wildman–Crippen LogP) is 2.62. The Bertz CT molecular complexity index is 597. The third-order valence-electron chi connectivity index (χ3n) is 4.10. The maximum atomic E-state index is 12.4. The molecule has 1 aliphatic carbocycles. The summed E-state index contributed by atoms with van der Waals surface area (Å²) in [5, 5.41) is 7.31. The Labute approximate surface area is 118 Å². The minimum atomic E-state index is -0.214. The quantitative estimate of drug-likeness (QED) is 0.931. The fourth-order valence-electron chi connectivity index (χ4n) is 3.05. The standard InChI is InChI=1S/C16H19N3O/c1-19-12-13(11-17-19)15(20)18-16(9-5-6-10-16)14-7-3-2-4-8-14/h2-4,7-8,11-12H,5-6,9-10H2,1H3,(H,18,20). The van der Waals surface area contributed by atoms with Crippen molar-refractivity contribution in [2.75, 3.05) is 0 Å². The number of hydrogen-bond acceptors (Lipinski definition) is 2. The van der Waals surface area contributed by atoms with Crippen molar-refractivity contribution in [1.82, 2.24) is 15.1 Å². The molecule has 0 atom stereocenters. The van der Waals surface area contributed by atoms with Crippen LogP contribution in [0.1, 0.15) is 41.6 Å². The maximum Gasteiger partial charge on any atom is 0.255 e. The number of nitrogens with zero attached hydrogens (tertiary/aromatic N) is 2. The van der Waals surface area contributed by atoms with Gasteiger partial charge in [-0.1, -0.05) is 43.2 Å². The molecule has 0 bridgehead atoms. The molecule has 0 radical (unpaired) electrons. The lowest BCUT2D eigenvalue weighted by molar-refractivity contribution is 0.0898. The molecule has 4 nitrogen and oxygen atoms in total. The fraction of sp³-hybridized carbons (Fsp3) is 0.375. The van der Waals surface area contributed by atoms with E-state index in [4.69, 9.17) is 0 Å². The van der Waals surface area contributed by atoms with Gasteiger partial charge in [-0.05, 0) is 18.4 Å². The Balaban J connectivity index is 1.87. The van der Waals surface area contributed by atoms with Gasteiger partial charge in [0.25, 0.3) is 5.91 Å². The van der Waals surface area contributed by atoms with Gasteiger partial charge in [-0.2, -0.15) is 5.10 Å². The Hall–Kier alpha value is -2.10. The first-order valence-corrected chi connectivity index (χ1v) is 7.06. The molecule has 2 aromatic rings. The van der Waals surface area contributed by atoms with E-state index in [0.717, 1.165) is 25.7 Å². The van der Waals surface area contributed by atoms with Crippen LogP contribution >= 0.6 is 0 Å². The number of aromatic nitrogens is 2. The summed E-state index contributed by atoms with van der Waals surface area (Å²) in [5.74, 6) is -0.0381. The highest BCUT2D eigenvalue weighted by atomic mass is 16.1. The summed E-state index contributed by atoms with van der Waals surface area (Å²) < 4.78 is 1.65. The zero-order chi connectivity index (χ0) is 14.0. The average molecular weight is 269 g/mol. The van der Waals surface area contributed by atoms with E-state index < -0.39 is 0 Å². The number of carbonyl (C=O) groups is 1. The number of benzene rings is 1. The van der Waals surface area contributed by atoms with E-state index in [1.165, 1.54) is 5.56 Å². The van der Waals surface area contributed by atoms with Crippen LogP contribution in [0.3, 0.4) is 0 Å². The molecular weight excluding hydrogens is 250 g/mol. The van der Waals surface area contributed by atoms with E-state index in [-0.39, 0.29) is 11.4 Å². The van der Waals surface area contributed by atoms with Crippen molar-refractivity contribution in [2.45, 2.75) is 31.2 Å². The van der Waals surface area contributed by atoms with Crippen molar-refractivity contribution in [2.24, 2.45) is 7.05 Å². The molecule has 1 saturated carbocycles. The molecule has 3 rings (SSSR count). The highest BCUT2D eigenvalue weighted by Gasteiger charge is 2.37. The van der Waals surface area contributed by atoms with Gasteiger partial charge >= 0.3 is 0 Å². The van der Waals surface area contributed by atoms with Gasteiger partial charge in [-0.3, -0.25) is 9.48 Å². The van der Waals surface area contributed by atoms with Crippen LogP contribution in [-0.4, -0.2) is 15.7 Å². The first kappa shape index (κ1) is 12.9. The number of rotatable bonds is 3. The van der Waals surface area contributed by atoms with E-state index in [9.17, 15) is 4.79 Å². The van der Waals surface area contributed by atoms with Crippen LogP contribution in [-0.2, 0) is 12.6 Å². The maximum absolute atomic E-state index is 12.4. The van der Waals surface area contributed by atoms with Crippen molar-refractivity contribution >= 4 is 5.91 Å². The Morgan fingerprint density at radius 3 is 2.55 bits per heavy atom. The zero-order valence-electron chi connectivity index (χ0n) is 11.7. The SMILES string of the molecule is Cn1cc(C(=O)NC2(c3ccccc3)CCCC2)cn1. The molecule has 1 aromatic heterocycles. The van der Waals surface area contributed by atoms with E-state index in [0.29, 0.717) is 5.56 Å². The van der Waals surface area contributed by atoms with Crippen molar-refractivity contribution < 1.29 is 4.79 Å². The molecule has 1 aromatic carbocycles. The summed E-state index contributed by atoms with van der Waals surface area (Å²) in [7, 11) is 1.82. The number of amides is 1. The molecule has 1 amide bonds. The van der Waals surface area contributed by atoms with Crippen molar-refractivity contribution in [3.8, 4) is 0 Å². The van der Waals surface area contributed by atoms with E-state index in [1.807, 2.05) is 25.2 Å². The Morgan fingerprint density at radius 2 is 1.95 bits per heavy atom. The minimum Gasteiger partial charge on any atom is -0.342 e. The Kier molecular flexibility index (Phi) is 3.30. The van der Waals surface area contributed by atoms with Crippen molar-refractivity contribution in [3.05, 3.63) is 53.9 Å². The van der Waals surface area contributed by atoms with Gasteiger partial charge in [-0.15, -0.1) is 0 Å². The molecular formula is C16H19N3O. The van der Waals surface area contributed by atoms with Gasteiger partial charge in [0.15, 0.2) is 0 Å². The topological polar surface area (TPSA) is 46.9 Å². The summed E-state index contributed by atoms with van der Waals surface area (Å²) >= 11 is 0. The molecule has 0 saturated heterocycles. The molecule has 20 heavy (non-hydrogen) atoms. The van der Waals surface area contributed by atoms with Gasteiger partial charge in [-0.25, -0.2) is 0 Å². The second kappa shape index (κ2) is 5.12. The summed E-state index contributed by atoms with van der Waals surface area (Å²) in [6.07, 6.45) is 7.68. The normalized spacial score (nSPS) is 17.1. The second-order valence-electron chi connectivity index (χ2n) is 5.51. The third kappa shape index (κ3) is 2.33. The summed E-state index contributed by atoms with van der Waals surface area (Å²) in [6.45, 7) is 0.